The summed E-state index contributed by atoms with van der Waals surface area (Å²) in [4.78, 5) is 10.3. The molecule has 0 aliphatic heterocycles. The van der Waals surface area contributed by atoms with Crippen molar-refractivity contribution in [2.24, 2.45) is 0 Å². The van der Waals surface area contributed by atoms with Crippen LogP contribution in [0.25, 0.3) is 0 Å². The molecule has 0 bridgehead atoms. The van der Waals surface area contributed by atoms with Crippen molar-refractivity contribution in [3.63, 3.8) is 0 Å². The first-order valence-corrected chi connectivity index (χ1v) is 8.02. The molecule has 0 aliphatic rings. The molecule has 0 aromatic carbocycles. The van der Waals surface area contributed by atoms with Gasteiger partial charge in [0, 0.05) is 6.42 Å². The Balaban J connectivity index is 3.15. The lowest BCUT2D eigenvalue weighted by Gasteiger charge is -2.07. The van der Waals surface area contributed by atoms with Crippen molar-refractivity contribution in [3.8, 4) is 0 Å². The van der Waals surface area contributed by atoms with Gasteiger partial charge in [-0.05, 0) is 25.7 Å². The number of carboxylic acid groups (broad SMARTS) is 1. The van der Waals surface area contributed by atoms with Crippen LogP contribution >= 0.6 is 0 Å². The van der Waals surface area contributed by atoms with Gasteiger partial charge in [0.05, 0.1) is 0 Å². The summed E-state index contributed by atoms with van der Waals surface area (Å²) in [7, 11) is 0. The molecule has 1 atom stereocenters. The highest BCUT2D eigenvalue weighted by molar-refractivity contribution is 5.66. The second-order valence-corrected chi connectivity index (χ2v) is 5.50. The molecule has 19 heavy (non-hydrogen) atoms. The predicted octanol–water partition coefficient (Wildman–Crippen LogP) is 5.50. The van der Waals surface area contributed by atoms with Gasteiger partial charge in [-0.3, -0.25) is 4.79 Å². The van der Waals surface area contributed by atoms with Gasteiger partial charge in [-0.15, -0.1) is 0 Å². The fraction of sp³-hybridized carbons (Fsp3) is 0.938. The number of hydrogen-bond acceptors (Lipinski definition) is 1. The molecule has 1 N–H and O–H groups in total. The monoisotopic (exact) mass is 274 g/mol. The summed E-state index contributed by atoms with van der Waals surface area (Å²) in [6.07, 6.45) is 11.9. The molecule has 0 fully saturated rings. The third kappa shape index (κ3) is 15.3. The minimum absolute atomic E-state index is 0.171. The van der Waals surface area contributed by atoms with Gasteiger partial charge in [0.2, 0.25) is 0 Å². The first kappa shape index (κ1) is 18.4. The number of alkyl halides is 1. The van der Waals surface area contributed by atoms with Crippen LogP contribution in [0.5, 0.6) is 0 Å². The Morgan fingerprint density at radius 3 is 1.89 bits per heavy atom. The van der Waals surface area contributed by atoms with Crippen LogP contribution in [0.15, 0.2) is 0 Å². The van der Waals surface area contributed by atoms with Gasteiger partial charge in [-0.25, -0.2) is 4.39 Å². The fourth-order valence-corrected chi connectivity index (χ4v) is 2.29. The summed E-state index contributed by atoms with van der Waals surface area (Å²) in [6, 6.07) is 0. The molecule has 0 saturated heterocycles. The second-order valence-electron chi connectivity index (χ2n) is 5.50. The van der Waals surface area contributed by atoms with Crippen LogP contribution in [0.4, 0.5) is 4.39 Å². The zero-order valence-corrected chi connectivity index (χ0v) is 12.5. The van der Waals surface area contributed by atoms with Gasteiger partial charge in [-0.1, -0.05) is 58.3 Å². The quantitative estimate of drug-likeness (QED) is 0.425. The smallest absolute Gasteiger partial charge is 0.303 e. The SMILES string of the molecule is CCCCCCCCCC[C@H](F)CCCCC(=O)O. The standard InChI is InChI=1S/C16H31FO2/c1-2-3-4-5-6-7-8-9-12-15(17)13-10-11-14-16(18)19/h15H,2-14H2,1H3,(H,18,19)/t15-/m0/s1. The molecular weight excluding hydrogens is 243 g/mol. The molecule has 0 unspecified atom stereocenters. The summed E-state index contributed by atoms with van der Waals surface area (Å²) < 4.78 is 13.5. The van der Waals surface area contributed by atoms with E-state index in [1.54, 1.807) is 0 Å². The molecule has 0 saturated carbocycles. The minimum atomic E-state index is -0.779. The maximum atomic E-state index is 13.5. The number of hydrogen-bond donors (Lipinski definition) is 1. The van der Waals surface area contributed by atoms with E-state index in [0.29, 0.717) is 25.7 Å². The number of carboxylic acids is 1. The Bertz CT molecular complexity index is 207. The van der Waals surface area contributed by atoms with Crippen molar-refractivity contribution in [3.05, 3.63) is 0 Å². The van der Waals surface area contributed by atoms with Crippen LogP contribution in [-0.2, 0) is 4.79 Å². The zero-order chi connectivity index (χ0) is 14.3. The van der Waals surface area contributed by atoms with Gasteiger partial charge in [0.1, 0.15) is 6.17 Å². The van der Waals surface area contributed by atoms with Gasteiger partial charge in [0.15, 0.2) is 0 Å². The molecule has 0 aromatic rings. The average Bonchev–Trinajstić information content (AvgIpc) is 2.37. The Hall–Kier alpha value is -0.600. The molecule has 3 heteroatoms. The second kappa shape index (κ2) is 13.8. The van der Waals surface area contributed by atoms with Crippen LogP contribution in [0, 0.1) is 0 Å². The first-order chi connectivity index (χ1) is 9.16. The van der Waals surface area contributed by atoms with Crippen molar-refractivity contribution in [2.45, 2.75) is 96.6 Å². The van der Waals surface area contributed by atoms with E-state index in [2.05, 4.69) is 6.92 Å². The Morgan fingerprint density at radius 1 is 0.895 bits per heavy atom. The third-order valence-electron chi connectivity index (χ3n) is 3.53. The maximum Gasteiger partial charge on any atom is 0.303 e. The van der Waals surface area contributed by atoms with Crippen LogP contribution in [-0.4, -0.2) is 17.2 Å². The van der Waals surface area contributed by atoms with E-state index in [9.17, 15) is 9.18 Å². The average molecular weight is 274 g/mol. The molecule has 2 nitrogen and oxygen atoms in total. The van der Waals surface area contributed by atoms with Crippen LogP contribution in [0.3, 0.4) is 0 Å². The van der Waals surface area contributed by atoms with E-state index in [0.717, 1.165) is 12.8 Å². The minimum Gasteiger partial charge on any atom is -0.481 e. The summed E-state index contributed by atoms with van der Waals surface area (Å²) in [5, 5.41) is 8.46. The molecule has 0 aliphatic carbocycles. The lowest BCUT2D eigenvalue weighted by Crippen LogP contribution is -2.01. The van der Waals surface area contributed by atoms with E-state index in [1.165, 1.54) is 38.5 Å². The van der Waals surface area contributed by atoms with Gasteiger partial charge in [0.25, 0.3) is 0 Å². The van der Waals surface area contributed by atoms with Crippen LogP contribution < -0.4 is 0 Å². The van der Waals surface area contributed by atoms with Gasteiger partial charge in [-0.2, -0.15) is 0 Å². The molecule has 0 amide bonds. The van der Waals surface area contributed by atoms with E-state index in [1.807, 2.05) is 0 Å². The Morgan fingerprint density at radius 2 is 1.37 bits per heavy atom. The largest absolute Gasteiger partial charge is 0.481 e. The number of carbonyl (C=O) groups is 1. The molecule has 0 rings (SSSR count). The predicted molar refractivity (Wildman–Crippen MR) is 78.2 cm³/mol. The number of halogens is 1. The molecule has 0 spiro atoms. The molecule has 114 valence electrons. The number of unbranched alkanes of at least 4 members (excludes halogenated alkanes) is 8. The van der Waals surface area contributed by atoms with Gasteiger partial charge < -0.3 is 5.11 Å². The normalized spacial score (nSPS) is 12.5. The summed E-state index contributed by atoms with van der Waals surface area (Å²) in [5.74, 6) is -0.779. The van der Waals surface area contributed by atoms with Crippen molar-refractivity contribution in [1.29, 1.82) is 0 Å². The molecule has 0 heterocycles. The highest BCUT2D eigenvalue weighted by Crippen LogP contribution is 2.15. The van der Waals surface area contributed by atoms with E-state index >= 15 is 0 Å². The summed E-state index contributed by atoms with van der Waals surface area (Å²) >= 11 is 0. The van der Waals surface area contributed by atoms with Crippen LogP contribution in [0.2, 0.25) is 0 Å². The van der Waals surface area contributed by atoms with Gasteiger partial charge >= 0.3 is 5.97 Å². The highest BCUT2D eigenvalue weighted by atomic mass is 19.1. The molecule has 0 aromatic heterocycles. The lowest BCUT2D eigenvalue weighted by atomic mass is 10.0. The highest BCUT2D eigenvalue weighted by Gasteiger charge is 2.06. The van der Waals surface area contributed by atoms with Crippen molar-refractivity contribution in [2.75, 3.05) is 0 Å². The topological polar surface area (TPSA) is 37.3 Å². The van der Waals surface area contributed by atoms with Crippen molar-refractivity contribution in [1.82, 2.24) is 0 Å². The zero-order valence-electron chi connectivity index (χ0n) is 12.5. The molecular formula is C16H31FO2. The third-order valence-corrected chi connectivity index (χ3v) is 3.53. The fourth-order valence-electron chi connectivity index (χ4n) is 2.29. The molecule has 0 radical (unpaired) electrons. The summed E-state index contributed by atoms with van der Waals surface area (Å²) in [5.41, 5.74) is 0. The lowest BCUT2D eigenvalue weighted by molar-refractivity contribution is -0.137. The van der Waals surface area contributed by atoms with E-state index < -0.39 is 12.1 Å². The van der Waals surface area contributed by atoms with Crippen LogP contribution in [0.1, 0.15) is 90.4 Å². The van der Waals surface area contributed by atoms with Crippen molar-refractivity contribution >= 4 is 5.97 Å². The number of rotatable bonds is 14. The Labute approximate surface area is 117 Å². The first-order valence-electron chi connectivity index (χ1n) is 8.02. The van der Waals surface area contributed by atoms with E-state index in [4.69, 9.17) is 5.11 Å². The Kier molecular flexibility index (Phi) is 13.4. The summed E-state index contributed by atoms with van der Waals surface area (Å²) in [6.45, 7) is 2.22. The maximum absolute atomic E-state index is 13.5. The van der Waals surface area contributed by atoms with E-state index in [-0.39, 0.29) is 6.42 Å². The van der Waals surface area contributed by atoms with Crippen molar-refractivity contribution < 1.29 is 14.3 Å². The number of aliphatic carboxylic acids is 1.